The lowest BCUT2D eigenvalue weighted by molar-refractivity contribution is 0.0742. The zero-order valence-electron chi connectivity index (χ0n) is 17.6. The molecule has 2 aromatic carbocycles. The fraction of sp³-hybridized carbons (Fsp3) is 0.304. The number of methoxy groups -OCH3 is 3. The van der Waals surface area contributed by atoms with Gasteiger partial charge >= 0.3 is 0 Å². The van der Waals surface area contributed by atoms with Crippen LogP contribution in [0.25, 0.3) is 11.3 Å². The van der Waals surface area contributed by atoms with Crippen LogP contribution < -0.4 is 14.2 Å². The average molecular weight is 407 g/mol. The molecule has 0 saturated heterocycles. The van der Waals surface area contributed by atoms with Crippen LogP contribution in [0.3, 0.4) is 0 Å². The summed E-state index contributed by atoms with van der Waals surface area (Å²) in [5.41, 5.74) is 3.82. The highest BCUT2D eigenvalue weighted by Gasteiger charge is 2.43. The van der Waals surface area contributed by atoms with Crippen molar-refractivity contribution in [1.29, 1.82) is 0 Å². The lowest BCUT2D eigenvalue weighted by atomic mass is 9.95. The number of aromatic amines is 1. The summed E-state index contributed by atoms with van der Waals surface area (Å²) in [6.45, 7) is 2.67. The van der Waals surface area contributed by atoms with Crippen LogP contribution in [0.4, 0.5) is 0 Å². The van der Waals surface area contributed by atoms with Crippen LogP contribution in [0.1, 0.15) is 41.0 Å². The maximum Gasteiger partial charge on any atom is 0.273 e. The van der Waals surface area contributed by atoms with E-state index in [0.717, 1.165) is 34.6 Å². The monoisotopic (exact) mass is 407 g/mol. The molecule has 0 spiro atoms. The van der Waals surface area contributed by atoms with Crippen LogP contribution in [0.5, 0.6) is 17.2 Å². The van der Waals surface area contributed by atoms with E-state index in [1.165, 1.54) is 0 Å². The third-order valence-corrected chi connectivity index (χ3v) is 5.40. The van der Waals surface area contributed by atoms with Crippen LogP contribution in [0.15, 0.2) is 42.5 Å². The number of hydrogen-bond donors (Lipinski definition) is 1. The Bertz CT molecular complexity index is 1080. The number of carbonyl (C=O) groups excluding carboxylic acids is 1. The molecule has 1 amide bonds. The molecule has 3 aromatic rings. The molecule has 1 aromatic heterocycles. The standard InChI is InChI=1S/C23H25N3O4/c1-5-11-26-22(17-13-16(29-3)9-10-18(17)30-4)19-20(24-25-21(19)23(26)27)14-7-6-8-15(12-14)28-2/h6-10,12-13,22H,5,11H2,1-4H3,(H,24,25)/t22-/m0/s1. The van der Waals surface area contributed by atoms with Gasteiger partial charge in [-0.3, -0.25) is 9.89 Å². The Morgan fingerprint density at radius 1 is 1.03 bits per heavy atom. The number of ether oxygens (including phenoxy) is 3. The molecule has 0 saturated carbocycles. The Hall–Kier alpha value is -3.48. The smallest absolute Gasteiger partial charge is 0.273 e. The van der Waals surface area contributed by atoms with Crippen molar-refractivity contribution < 1.29 is 19.0 Å². The summed E-state index contributed by atoms with van der Waals surface area (Å²) in [6, 6.07) is 13.0. The summed E-state index contributed by atoms with van der Waals surface area (Å²) in [6.07, 6.45) is 0.834. The zero-order chi connectivity index (χ0) is 21.3. The van der Waals surface area contributed by atoms with Gasteiger partial charge in [-0.1, -0.05) is 19.1 Å². The molecule has 1 N–H and O–H groups in total. The fourth-order valence-corrected chi connectivity index (χ4v) is 4.04. The minimum atomic E-state index is -0.336. The number of nitrogens with zero attached hydrogens (tertiary/aromatic N) is 2. The molecule has 1 aliphatic heterocycles. The molecule has 0 unspecified atom stereocenters. The normalized spacial score (nSPS) is 15.3. The summed E-state index contributed by atoms with van der Waals surface area (Å²) in [7, 11) is 4.89. The number of aromatic nitrogens is 2. The first kappa shape index (κ1) is 19.8. The summed E-state index contributed by atoms with van der Waals surface area (Å²) in [5, 5.41) is 7.47. The number of fused-ring (bicyclic) bond motifs is 1. The summed E-state index contributed by atoms with van der Waals surface area (Å²) in [5.74, 6) is 2.06. The van der Waals surface area contributed by atoms with Gasteiger partial charge in [-0.25, -0.2) is 0 Å². The molecule has 4 rings (SSSR count). The maximum absolute atomic E-state index is 13.3. The fourth-order valence-electron chi connectivity index (χ4n) is 4.04. The van der Waals surface area contributed by atoms with Crippen molar-refractivity contribution in [3.8, 4) is 28.5 Å². The SMILES string of the molecule is CCCN1C(=O)c2[nH]nc(-c3cccc(OC)c3)c2[C@@H]1c1cc(OC)ccc1OC. The number of rotatable bonds is 7. The van der Waals surface area contributed by atoms with E-state index < -0.39 is 0 Å². The molecule has 1 atom stereocenters. The Morgan fingerprint density at radius 3 is 2.50 bits per heavy atom. The highest BCUT2D eigenvalue weighted by Crippen LogP contribution is 2.46. The first-order valence-corrected chi connectivity index (χ1v) is 9.88. The first-order chi connectivity index (χ1) is 14.6. The Morgan fingerprint density at radius 2 is 1.80 bits per heavy atom. The quantitative estimate of drug-likeness (QED) is 0.639. The second kappa shape index (κ2) is 8.10. The highest BCUT2D eigenvalue weighted by molar-refractivity contribution is 6.00. The molecule has 1 aliphatic rings. The zero-order valence-corrected chi connectivity index (χ0v) is 17.6. The van der Waals surface area contributed by atoms with Crippen molar-refractivity contribution in [2.45, 2.75) is 19.4 Å². The highest BCUT2D eigenvalue weighted by atomic mass is 16.5. The van der Waals surface area contributed by atoms with Gasteiger partial charge in [-0.2, -0.15) is 5.10 Å². The molecule has 0 radical (unpaired) electrons. The lowest BCUT2D eigenvalue weighted by Gasteiger charge is -2.27. The van der Waals surface area contributed by atoms with E-state index in [4.69, 9.17) is 14.2 Å². The predicted molar refractivity (Wildman–Crippen MR) is 113 cm³/mol. The van der Waals surface area contributed by atoms with Crippen molar-refractivity contribution in [2.24, 2.45) is 0 Å². The van der Waals surface area contributed by atoms with Crippen LogP contribution in [-0.4, -0.2) is 48.9 Å². The minimum Gasteiger partial charge on any atom is -0.497 e. The van der Waals surface area contributed by atoms with Crippen molar-refractivity contribution in [2.75, 3.05) is 27.9 Å². The number of nitrogens with one attached hydrogen (secondary N) is 1. The van der Waals surface area contributed by atoms with E-state index in [2.05, 4.69) is 17.1 Å². The van der Waals surface area contributed by atoms with Gasteiger partial charge in [0.25, 0.3) is 5.91 Å². The predicted octanol–water partition coefficient (Wildman–Crippen LogP) is 4.06. The van der Waals surface area contributed by atoms with Crippen molar-refractivity contribution in [3.63, 3.8) is 0 Å². The van der Waals surface area contributed by atoms with E-state index in [0.29, 0.717) is 23.7 Å². The molecule has 30 heavy (non-hydrogen) atoms. The number of hydrogen-bond acceptors (Lipinski definition) is 5. The third-order valence-electron chi connectivity index (χ3n) is 5.40. The van der Waals surface area contributed by atoms with Crippen LogP contribution in [0.2, 0.25) is 0 Å². The Kier molecular flexibility index (Phi) is 5.35. The lowest BCUT2D eigenvalue weighted by Crippen LogP contribution is -2.30. The maximum atomic E-state index is 13.3. The number of carbonyl (C=O) groups is 1. The number of amides is 1. The summed E-state index contributed by atoms with van der Waals surface area (Å²) >= 11 is 0. The molecule has 7 nitrogen and oxygen atoms in total. The molecule has 0 bridgehead atoms. The number of benzene rings is 2. The van der Waals surface area contributed by atoms with Crippen LogP contribution in [0, 0.1) is 0 Å². The van der Waals surface area contributed by atoms with E-state index in [1.54, 1.807) is 21.3 Å². The average Bonchev–Trinajstić information content (AvgIpc) is 3.33. The van der Waals surface area contributed by atoms with Crippen molar-refractivity contribution >= 4 is 5.91 Å². The third kappa shape index (κ3) is 3.16. The topological polar surface area (TPSA) is 76.7 Å². The Labute approximate surface area is 175 Å². The van der Waals surface area contributed by atoms with Crippen LogP contribution >= 0.6 is 0 Å². The molecule has 7 heteroatoms. The van der Waals surface area contributed by atoms with E-state index in [1.807, 2.05) is 47.4 Å². The molecule has 0 fully saturated rings. The first-order valence-electron chi connectivity index (χ1n) is 9.88. The van der Waals surface area contributed by atoms with Crippen molar-refractivity contribution in [3.05, 3.63) is 59.3 Å². The molecular weight excluding hydrogens is 382 g/mol. The van der Waals surface area contributed by atoms with E-state index >= 15 is 0 Å². The largest absolute Gasteiger partial charge is 0.497 e. The van der Waals surface area contributed by atoms with Gasteiger partial charge in [0.05, 0.1) is 33.1 Å². The molecule has 0 aliphatic carbocycles. The Balaban J connectivity index is 1.93. The number of H-pyrrole nitrogens is 1. The van der Waals surface area contributed by atoms with Gasteiger partial charge in [0.15, 0.2) is 0 Å². The second-order valence-corrected chi connectivity index (χ2v) is 7.10. The van der Waals surface area contributed by atoms with Crippen molar-refractivity contribution in [1.82, 2.24) is 15.1 Å². The van der Waals surface area contributed by atoms with Gasteiger partial charge in [0.2, 0.25) is 0 Å². The van der Waals surface area contributed by atoms with Gasteiger partial charge < -0.3 is 19.1 Å². The molecular formula is C23H25N3O4. The molecule has 156 valence electrons. The molecule has 2 heterocycles. The van der Waals surface area contributed by atoms with Crippen LogP contribution in [-0.2, 0) is 0 Å². The van der Waals surface area contributed by atoms with E-state index in [-0.39, 0.29) is 11.9 Å². The van der Waals surface area contributed by atoms with Gasteiger partial charge in [-0.05, 0) is 36.8 Å². The van der Waals surface area contributed by atoms with Gasteiger partial charge in [0, 0.05) is 23.2 Å². The minimum absolute atomic E-state index is 0.0663. The van der Waals surface area contributed by atoms with Gasteiger partial charge in [0.1, 0.15) is 22.9 Å². The summed E-state index contributed by atoms with van der Waals surface area (Å²) < 4.78 is 16.5. The van der Waals surface area contributed by atoms with E-state index in [9.17, 15) is 4.79 Å². The second-order valence-electron chi connectivity index (χ2n) is 7.10. The summed E-state index contributed by atoms with van der Waals surface area (Å²) in [4.78, 5) is 15.1. The van der Waals surface area contributed by atoms with Gasteiger partial charge in [-0.15, -0.1) is 0 Å².